The zero-order chi connectivity index (χ0) is 21.9. The predicted octanol–water partition coefficient (Wildman–Crippen LogP) is 3.25. The SMILES string of the molecule is CC(C)Oc1ccc2c(c1)c(CCC(=O)O)cn2S(=O)(=O)c1ccc(NC=O)cc1. The van der Waals surface area contributed by atoms with Gasteiger partial charge in [0.25, 0.3) is 10.0 Å². The van der Waals surface area contributed by atoms with Gasteiger partial charge in [-0.2, -0.15) is 0 Å². The highest BCUT2D eigenvalue weighted by atomic mass is 32.2. The number of nitrogens with one attached hydrogen (secondary N) is 1. The Bertz CT molecular complexity index is 1180. The van der Waals surface area contributed by atoms with Crippen LogP contribution in [0.4, 0.5) is 5.69 Å². The number of aliphatic carboxylic acids is 1. The second-order valence-corrected chi connectivity index (χ2v) is 8.80. The zero-order valence-corrected chi connectivity index (χ0v) is 17.3. The van der Waals surface area contributed by atoms with Gasteiger partial charge in [-0.3, -0.25) is 9.59 Å². The van der Waals surface area contributed by atoms with Gasteiger partial charge in [0, 0.05) is 23.7 Å². The molecule has 2 aromatic carbocycles. The molecule has 0 unspecified atom stereocenters. The molecule has 2 N–H and O–H groups in total. The van der Waals surface area contributed by atoms with Crippen LogP contribution in [-0.2, 0) is 26.0 Å². The fourth-order valence-corrected chi connectivity index (χ4v) is 4.53. The molecule has 0 aliphatic heterocycles. The average molecular weight is 430 g/mol. The fourth-order valence-electron chi connectivity index (χ4n) is 3.14. The number of benzene rings is 2. The standard InChI is InChI=1S/C21H22N2O6S/c1-14(2)29-17-6-9-20-19(11-17)15(3-10-21(25)26)12-23(20)30(27,28)18-7-4-16(5-8-18)22-13-24/h4-9,11-14H,3,10H2,1-2H3,(H,22,24)(H,25,26). The van der Waals surface area contributed by atoms with Crippen LogP contribution in [0, 0.1) is 0 Å². The zero-order valence-electron chi connectivity index (χ0n) is 16.5. The minimum absolute atomic E-state index is 0.0446. The van der Waals surface area contributed by atoms with Crippen molar-refractivity contribution in [2.24, 2.45) is 0 Å². The van der Waals surface area contributed by atoms with Crippen molar-refractivity contribution in [3.8, 4) is 5.75 Å². The van der Waals surface area contributed by atoms with Gasteiger partial charge in [0.15, 0.2) is 0 Å². The van der Waals surface area contributed by atoms with Crippen LogP contribution in [0.2, 0.25) is 0 Å². The van der Waals surface area contributed by atoms with E-state index in [-0.39, 0.29) is 23.8 Å². The highest BCUT2D eigenvalue weighted by Gasteiger charge is 2.22. The van der Waals surface area contributed by atoms with E-state index in [1.54, 1.807) is 18.2 Å². The van der Waals surface area contributed by atoms with Gasteiger partial charge in [0.1, 0.15) is 5.75 Å². The summed E-state index contributed by atoms with van der Waals surface area (Å²) < 4.78 is 33.4. The topological polar surface area (TPSA) is 115 Å². The van der Waals surface area contributed by atoms with Crippen LogP contribution in [0.25, 0.3) is 10.9 Å². The van der Waals surface area contributed by atoms with Crippen LogP contribution in [0.15, 0.2) is 53.6 Å². The molecule has 0 aliphatic rings. The summed E-state index contributed by atoms with van der Waals surface area (Å²) in [5.41, 5.74) is 1.50. The molecule has 3 rings (SSSR count). The summed E-state index contributed by atoms with van der Waals surface area (Å²) in [5, 5.41) is 12.1. The van der Waals surface area contributed by atoms with Gasteiger partial charge in [-0.05, 0) is 68.3 Å². The predicted molar refractivity (Wildman–Crippen MR) is 112 cm³/mol. The van der Waals surface area contributed by atoms with E-state index in [1.807, 2.05) is 13.8 Å². The van der Waals surface area contributed by atoms with Crippen LogP contribution >= 0.6 is 0 Å². The van der Waals surface area contributed by atoms with E-state index in [2.05, 4.69) is 5.32 Å². The van der Waals surface area contributed by atoms with Crippen molar-refractivity contribution in [3.05, 3.63) is 54.2 Å². The maximum Gasteiger partial charge on any atom is 0.303 e. The molecule has 0 saturated heterocycles. The molecule has 0 spiro atoms. The summed E-state index contributed by atoms with van der Waals surface area (Å²) in [4.78, 5) is 21.6. The molecule has 0 atom stereocenters. The van der Waals surface area contributed by atoms with Crippen molar-refractivity contribution in [2.45, 2.75) is 37.7 Å². The first-order valence-corrected chi connectivity index (χ1v) is 10.7. The molecule has 8 nitrogen and oxygen atoms in total. The summed E-state index contributed by atoms with van der Waals surface area (Å²) in [5.74, 6) is -0.389. The molecule has 0 radical (unpaired) electrons. The van der Waals surface area contributed by atoms with Crippen molar-refractivity contribution < 1.29 is 27.9 Å². The Balaban J connectivity index is 2.11. The van der Waals surface area contributed by atoms with Gasteiger partial charge in [0.05, 0.1) is 16.5 Å². The Hall–Kier alpha value is -3.33. The second kappa shape index (κ2) is 8.58. The molecule has 0 fully saturated rings. The van der Waals surface area contributed by atoms with E-state index in [1.165, 1.54) is 30.5 Å². The Morgan fingerprint density at radius 3 is 2.50 bits per heavy atom. The van der Waals surface area contributed by atoms with Crippen LogP contribution < -0.4 is 10.1 Å². The molecule has 3 aromatic rings. The lowest BCUT2D eigenvalue weighted by Gasteiger charge is -2.11. The molecule has 9 heteroatoms. The number of carboxylic acids is 1. The first-order valence-electron chi connectivity index (χ1n) is 9.30. The van der Waals surface area contributed by atoms with E-state index in [4.69, 9.17) is 9.84 Å². The van der Waals surface area contributed by atoms with Crippen molar-refractivity contribution in [2.75, 3.05) is 5.32 Å². The van der Waals surface area contributed by atoms with Crippen molar-refractivity contribution >= 4 is 39.0 Å². The summed E-state index contributed by atoms with van der Waals surface area (Å²) in [6.07, 6.45) is 1.96. The Kier molecular flexibility index (Phi) is 6.12. The minimum atomic E-state index is -3.94. The fraction of sp³-hybridized carbons (Fsp3) is 0.238. The number of anilines is 1. The van der Waals surface area contributed by atoms with Gasteiger partial charge in [-0.1, -0.05) is 0 Å². The summed E-state index contributed by atoms with van der Waals surface area (Å²) in [6, 6.07) is 10.9. The third-order valence-corrected chi connectivity index (χ3v) is 6.13. The third-order valence-electron chi connectivity index (χ3n) is 4.44. The molecule has 1 heterocycles. The lowest BCUT2D eigenvalue weighted by Crippen LogP contribution is -2.12. The average Bonchev–Trinajstić information content (AvgIpc) is 3.05. The van der Waals surface area contributed by atoms with Crippen molar-refractivity contribution in [3.63, 3.8) is 0 Å². The molecule has 0 saturated carbocycles. The highest BCUT2D eigenvalue weighted by molar-refractivity contribution is 7.90. The van der Waals surface area contributed by atoms with E-state index >= 15 is 0 Å². The molecule has 0 aliphatic carbocycles. The maximum atomic E-state index is 13.3. The minimum Gasteiger partial charge on any atom is -0.491 e. The number of hydrogen-bond donors (Lipinski definition) is 2. The second-order valence-electron chi connectivity index (χ2n) is 6.98. The largest absolute Gasteiger partial charge is 0.491 e. The number of carbonyl (C=O) groups is 2. The number of hydrogen-bond acceptors (Lipinski definition) is 5. The number of fused-ring (bicyclic) bond motifs is 1. The smallest absolute Gasteiger partial charge is 0.303 e. The van der Waals surface area contributed by atoms with Crippen LogP contribution in [0.3, 0.4) is 0 Å². The van der Waals surface area contributed by atoms with Gasteiger partial charge >= 0.3 is 5.97 Å². The van der Waals surface area contributed by atoms with Crippen LogP contribution in [0.1, 0.15) is 25.8 Å². The number of nitrogens with zero attached hydrogens (tertiary/aromatic N) is 1. The van der Waals surface area contributed by atoms with Crippen molar-refractivity contribution in [1.29, 1.82) is 0 Å². The Labute approximate surface area is 174 Å². The van der Waals surface area contributed by atoms with Crippen LogP contribution in [-0.4, -0.2) is 36.0 Å². The van der Waals surface area contributed by atoms with Gasteiger partial charge < -0.3 is 15.2 Å². The summed E-state index contributed by atoms with van der Waals surface area (Å²) in [6.45, 7) is 3.77. The molecular weight excluding hydrogens is 408 g/mol. The normalized spacial score (nSPS) is 11.6. The molecule has 30 heavy (non-hydrogen) atoms. The van der Waals surface area contributed by atoms with Gasteiger partial charge in [-0.25, -0.2) is 12.4 Å². The number of amides is 1. The van der Waals surface area contributed by atoms with E-state index < -0.39 is 16.0 Å². The molecule has 1 amide bonds. The van der Waals surface area contributed by atoms with E-state index in [0.717, 1.165) is 3.97 Å². The first kappa shape index (κ1) is 21.4. The molecule has 0 bridgehead atoms. The number of ether oxygens (including phenoxy) is 1. The van der Waals surface area contributed by atoms with E-state index in [9.17, 15) is 18.0 Å². The first-order chi connectivity index (χ1) is 14.2. The molecular formula is C21H22N2O6S. The Morgan fingerprint density at radius 1 is 1.20 bits per heavy atom. The lowest BCUT2D eigenvalue weighted by atomic mass is 10.1. The number of aromatic nitrogens is 1. The quantitative estimate of drug-likeness (QED) is 0.504. The summed E-state index contributed by atoms with van der Waals surface area (Å²) in [7, 11) is -3.94. The molecule has 1 aromatic heterocycles. The Morgan fingerprint density at radius 2 is 1.90 bits per heavy atom. The van der Waals surface area contributed by atoms with Gasteiger partial charge in [-0.15, -0.1) is 0 Å². The highest BCUT2D eigenvalue weighted by Crippen LogP contribution is 2.30. The third kappa shape index (κ3) is 4.46. The number of carboxylic acid groups (broad SMARTS) is 1. The molecule has 158 valence electrons. The van der Waals surface area contributed by atoms with Crippen molar-refractivity contribution in [1.82, 2.24) is 3.97 Å². The monoisotopic (exact) mass is 430 g/mol. The summed E-state index contributed by atoms with van der Waals surface area (Å²) >= 11 is 0. The maximum absolute atomic E-state index is 13.3. The number of rotatable bonds is 9. The number of carbonyl (C=O) groups excluding carboxylic acids is 1. The van der Waals surface area contributed by atoms with Crippen LogP contribution in [0.5, 0.6) is 5.75 Å². The van der Waals surface area contributed by atoms with E-state index in [0.29, 0.717) is 34.3 Å². The van der Waals surface area contributed by atoms with Gasteiger partial charge in [0.2, 0.25) is 6.41 Å². The number of aryl methyl sites for hydroxylation is 1. The lowest BCUT2D eigenvalue weighted by molar-refractivity contribution is -0.136.